The Hall–Kier alpha value is -2.93. The molecule has 1 heterocycles. The van der Waals surface area contributed by atoms with Crippen LogP contribution in [0.4, 0.5) is 5.69 Å². The summed E-state index contributed by atoms with van der Waals surface area (Å²) in [6, 6.07) is 13.0. The van der Waals surface area contributed by atoms with Gasteiger partial charge in [-0.2, -0.15) is 0 Å². The number of carbonyl (C=O) groups is 2. The number of Topliss-reactive ketones (excluding diaryl/α,β-unsaturated/α-hetero) is 1. The Labute approximate surface area is 244 Å². The number of allylic oxidation sites excluding steroid dienone is 1. The van der Waals surface area contributed by atoms with Crippen LogP contribution in [0.1, 0.15) is 101 Å². The zero-order valence-electron chi connectivity index (χ0n) is 24.5. The first kappa shape index (κ1) is 31.6. The fourth-order valence-corrected chi connectivity index (χ4v) is 5.47. The molecule has 1 amide bonds. The molecule has 0 aromatic heterocycles. The molecule has 2 aromatic carbocycles. The van der Waals surface area contributed by atoms with Gasteiger partial charge in [-0.15, -0.1) is 11.8 Å². The van der Waals surface area contributed by atoms with Crippen LogP contribution in [0, 0.1) is 0 Å². The summed E-state index contributed by atoms with van der Waals surface area (Å²) in [5.74, 6) is 1.64. The van der Waals surface area contributed by atoms with Crippen LogP contribution in [0.25, 0.3) is 0 Å². The molecule has 0 spiro atoms. The average Bonchev–Trinajstić information content (AvgIpc) is 3.35. The predicted molar refractivity (Wildman–Crippen MR) is 166 cm³/mol. The molecule has 0 saturated carbocycles. The quantitative estimate of drug-likeness (QED) is 0.136. The molecular formula is C33H46N2O4S. The number of ketones is 1. The van der Waals surface area contributed by atoms with Crippen LogP contribution < -0.4 is 14.8 Å². The first-order chi connectivity index (χ1) is 19.4. The Morgan fingerprint density at radius 3 is 2.33 bits per heavy atom. The van der Waals surface area contributed by atoms with E-state index in [1.54, 1.807) is 18.2 Å². The van der Waals surface area contributed by atoms with Crippen molar-refractivity contribution in [1.29, 1.82) is 0 Å². The Balaban J connectivity index is 1.38. The fourth-order valence-electron chi connectivity index (χ4n) is 4.71. The second-order valence-electron chi connectivity index (χ2n) is 10.5. The molecule has 0 bridgehead atoms. The van der Waals surface area contributed by atoms with Crippen molar-refractivity contribution < 1.29 is 19.1 Å². The van der Waals surface area contributed by atoms with Crippen molar-refractivity contribution in [3.05, 3.63) is 64.7 Å². The number of unbranched alkanes of at least 4 members (excludes halogenated alkanes) is 9. The largest absolute Gasteiger partial charge is 0.493 e. The number of benzene rings is 2. The normalized spacial score (nSPS) is 12.8. The Morgan fingerprint density at radius 2 is 1.65 bits per heavy atom. The van der Waals surface area contributed by atoms with Gasteiger partial charge in [-0.1, -0.05) is 76.8 Å². The van der Waals surface area contributed by atoms with Crippen LogP contribution in [-0.4, -0.2) is 35.7 Å². The smallest absolute Gasteiger partial charge is 0.262 e. The maximum absolute atomic E-state index is 12.5. The van der Waals surface area contributed by atoms with E-state index in [0.717, 1.165) is 36.5 Å². The summed E-state index contributed by atoms with van der Waals surface area (Å²) in [6.45, 7) is 7.12. The number of anilines is 1. The molecule has 40 heavy (non-hydrogen) atoms. The van der Waals surface area contributed by atoms with Crippen LogP contribution in [0.15, 0.2) is 53.6 Å². The van der Waals surface area contributed by atoms with E-state index >= 15 is 0 Å². The number of thioether (sulfide) groups is 1. The average molecular weight is 567 g/mol. The van der Waals surface area contributed by atoms with Crippen molar-refractivity contribution in [1.82, 2.24) is 4.90 Å². The Bertz CT molecular complexity index is 1120. The molecule has 6 nitrogen and oxygen atoms in total. The summed E-state index contributed by atoms with van der Waals surface area (Å²) in [5, 5.41) is 2.90. The number of nitrogens with zero attached hydrogens (tertiary/aromatic N) is 1. The van der Waals surface area contributed by atoms with Gasteiger partial charge in [-0.05, 0) is 61.1 Å². The molecule has 218 valence electrons. The highest BCUT2D eigenvalue weighted by atomic mass is 32.2. The molecule has 1 aliphatic rings. The lowest BCUT2D eigenvalue weighted by atomic mass is 10.1. The number of nitrogens with one attached hydrogen (secondary N) is 1. The van der Waals surface area contributed by atoms with Crippen LogP contribution in [0.3, 0.4) is 0 Å². The molecule has 1 aliphatic heterocycles. The SMILES string of the molecule is CCCCCCCCCCCCOc1ccc(OCC(=O)Nc2cccc(CN3C=C(C)SC3)c2)cc1C(C)=O. The highest BCUT2D eigenvalue weighted by Crippen LogP contribution is 2.27. The lowest BCUT2D eigenvalue weighted by Crippen LogP contribution is -2.20. The van der Waals surface area contributed by atoms with Crippen molar-refractivity contribution >= 4 is 29.1 Å². The highest BCUT2D eigenvalue weighted by Gasteiger charge is 2.13. The van der Waals surface area contributed by atoms with Crippen molar-refractivity contribution in [2.45, 2.75) is 91.5 Å². The number of carbonyl (C=O) groups excluding carboxylic acids is 2. The number of hydrogen-bond donors (Lipinski definition) is 1. The molecular weight excluding hydrogens is 520 g/mol. The van der Waals surface area contributed by atoms with Gasteiger partial charge in [0.05, 0.1) is 18.0 Å². The van der Waals surface area contributed by atoms with Gasteiger partial charge < -0.3 is 19.7 Å². The summed E-state index contributed by atoms with van der Waals surface area (Å²) in [5.41, 5.74) is 2.34. The summed E-state index contributed by atoms with van der Waals surface area (Å²) in [7, 11) is 0. The van der Waals surface area contributed by atoms with Gasteiger partial charge in [0.1, 0.15) is 11.5 Å². The molecule has 0 fully saturated rings. The lowest BCUT2D eigenvalue weighted by molar-refractivity contribution is -0.118. The third-order valence-electron chi connectivity index (χ3n) is 6.87. The van der Waals surface area contributed by atoms with Crippen LogP contribution >= 0.6 is 11.8 Å². The van der Waals surface area contributed by atoms with E-state index in [-0.39, 0.29) is 18.3 Å². The van der Waals surface area contributed by atoms with Crippen molar-refractivity contribution in [2.75, 3.05) is 24.4 Å². The van der Waals surface area contributed by atoms with E-state index in [0.29, 0.717) is 23.7 Å². The molecule has 0 saturated heterocycles. The van der Waals surface area contributed by atoms with E-state index < -0.39 is 0 Å². The molecule has 7 heteroatoms. The minimum atomic E-state index is -0.254. The van der Waals surface area contributed by atoms with E-state index in [9.17, 15) is 9.59 Å². The molecule has 1 N–H and O–H groups in total. The standard InChI is InChI=1S/C33H46N2O4S/c1-4-5-6-7-8-9-10-11-12-13-19-38-32-18-17-30(21-31(32)27(3)36)39-24-33(37)34-29-16-14-15-28(20-29)23-35-22-26(2)40-25-35/h14-18,20-22H,4-13,19,23-25H2,1-3H3,(H,34,37). The van der Waals surface area contributed by atoms with E-state index in [4.69, 9.17) is 9.47 Å². The lowest BCUT2D eigenvalue weighted by Gasteiger charge is -2.15. The van der Waals surface area contributed by atoms with Crippen LogP contribution in [-0.2, 0) is 11.3 Å². The summed E-state index contributed by atoms with van der Waals surface area (Å²) < 4.78 is 11.6. The Morgan fingerprint density at radius 1 is 0.925 bits per heavy atom. The second kappa shape index (κ2) is 17.7. The van der Waals surface area contributed by atoms with E-state index in [1.807, 2.05) is 30.0 Å². The van der Waals surface area contributed by atoms with E-state index in [1.165, 1.54) is 63.2 Å². The fraction of sp³-hybridized carbons (Fsp3) is 0.515. The molecule has 3 rings (SSSR count). The van der Waals surface area contributed by atoms with Crippen LogP contribution in [0.5, 0.6) is 11.5 Å². The Kier molecular flexibility index (Phi) is 14.0. The van der Waals surface area contributed by atoms with Gasteiger partial charge in [-0.25, -0.2) is 0 Å². The first-order valence-electron chi connectivity index (χ1n) is 14.8. The topological polar surface area (TPSA) is 67.9 Å². The second-order valence-corrected chi connectivity index (χ2v) is 11.7. The predicted octanol–water partition coefficient (Wildman–Crippen LogP) is 8.57. The zero-order chi connectivity index (χ0) is 28.6. The summed E-state index contributed by atoms with van der Waals surface area (Å²) >= 11 is 1.83. The van der Waals surface area contributed by atoms with Crippen molar-refractivity contribution in [3.8, 4) is 11.5 Å². The monoisotopic (exact) mass is 566 g/mol. The minimum Gasteiger partial charge on any atom is -0.493 e. The van der Waals surface area contributed by atoms with Gasteiger partial charge in [0.15, 0.2) is 12.4 Å². The van der Waals surface area contributed by atoms with Gasteiger partial charge >= 0.3 is 0 Å². The third kappa shape index (κ3) is 11.7. The van der Waals surface area contributed by atoms with Crippen molar-refractivity contribution in [2.24, 2.45) is 0 Å². The van der Waals surface area contributed by atoms with Crippen LogP contribution in [0.2, 0.25) is 0 Å². The minimum absolute atomic E-state index is 0.0915. The molecule has 0 radical (unpaired) electrons. The maximum atomic E-state index is 12.5. The first-order valence-corrected chi connectivity index (χ1v) is 15.8. The van der Waals surface area contributed by atoms with Gasteiger partial charge in [0.25, 0.3) is 5.91 Å². The van der Waals surface area contributed by atoms with Crippen molar-refractivity contribution in [3.63, 3.8) is 0 Å². The molecule has 0 aliphatic carbocycles. The maximum Gasteiger partial charge on any atom is 0.262 e. The molecule has 0 atom stereocenters. The highest BCUT2D eigenvalue weighted by molar-refractivity contribution is 8.03. The number of ether oxygens (including phenoxy) is 2. The molecule has 2 aromatic rings. The number of hydrogen-bond acceptors (Lipinski definition) is 6. The summed E-state index contributed by atoms with van der Waals surface area (Å²) in [6.07, 6.45) is 14.8. The van der Waals surface area contributed by atoms with Gasteiger partial charge in [0, 0.05) is 18.4 Å². The number of rotatable bonds is 19. The van der Waals surface area contributed by atoms with Gasteiger partial charge in [0.2, 0.25) is 0 Å². The third-order valence-corrected chi connectivity index (χ3v) is 7.90. The van der Waals surface area contributed by atoms with E-state index in [2.05, 4.69) is 36.3 Å². The summed E-state index contributed by atoms with van der Waals surface area (Å²) in [4.78, 5) is 28.4. The zero-order valence-corrected chi connectivity index (χ0v) is 25.3. The number of amides is 1. The van der Waals surface area contributed by atoms with Gasteiger partial charge in [-0.3, -0.25) is 9.59 Å². The molecule has 0 unspecified atom stereocenters.